The first-order valence-electron chi connectivity index (χ1n) is 6.62. The van der Waals surface area contributed by atoms with E-state index in [1.54, 1.807) is 0 Å². The second kappa shape index (κ2) is 4.59. The Balaban J connectivity index is 2.16. The summed E-state index contributed by atoms with van der Waals surface area (Å²) in [7, 11) is 0. The molecule has 1 saturated carbocycles. The highest BCUT2D eigenvalue weighted by atomic mass is 15.0. The van der Waals surface area contributed by atoms with Crippen LogP contribution in [0.1, 0.15) is 45.1 Å². The molecule has 0 aromatic heterocycles. The first-order chi connectivity index (χ1) is 7.99. The van der Waals surface area contributed by atoms with Gasteiger partial charge in [-0.1, -0.05) is 32.8 Å². The highest BCUT2D eigenvalue weighted by Crippen LogP contribution is 2.38. The maximum Gasteiger partial charge on any atom is 0.0578 e. The Kier molecular flexibility index (Phi) is 3.32. The van der Waals surface area contributed by atoms with Crippen molar-refractivity contribution in [3.05, 3.63) is 23.8 Å². The summed E-state index contributed by atoms with van der Waals surface area (Å²) in [6.07, 6.45) is 5.23. The monoisotopic (exact) mass is 232 g/mol. The molecule has 17 heavy (non-hydrogen) atoms. The summed E-state index contributed by atoms with van der Waals surface area (Å²) in [5.41, 5.74) is 9.62. The molecule has 0 bridgehead atoms. The van der Waals surface area contributed by atoms with Gasteiger partial charge in [-0.2, -0.15) is 0 Å². The van der Waals surface area contributed by atoms with E-state index in [2.05, 4.69) is 38.2 Å². The molecule has 0 aliphatic heterocycles. The van der Waals surface area contributed by atoms with Gasteiger partial charge in [0.2, 0.25) is 0 Å². The number of hydrogen-bond acceptors (Lipinski definition) is 2. The van der Waals surface area contributed by atoms with Gasteiger partial charge in [0.05, 0.1) is 11.4 Å². The molecule has 1 fully saturated rings. The zero-order chi connectivity index (χ0) is 12.5. The van der Waals surface area contributed by atoms with Gasteiger partial charge in [0.25, 0.3) is 0 Å². The van der Waals surface area contributed by atoms with Gasteiger partial charge in [0, 0.05) is 6.04 Å². The van der Waals surface area contributed by atoms with E-state index in [4.69, 9.17) is 5.73 Å². The lowest BCUT2D eigenvalue weighted by Gasteiger charge is -2.40. The van der Waals surface area contributed by atoms with Crippen molar-refractivity contribution >= 4 is 11.4 Å². The maximum atomic E-state index is 6.03. The third kappa shape index (κ3) is 2.74. The molecule has 0 saturated heterocycles. The minimum Gasteiger partial charge on any atom is -0.397 e. The van der Waals surface area contributed by atoms with E-state index in [9.17, 15) is 0 Å². The summed E-state index contributed by atoms with van der Waals surface area (Å²) in [4.78, 5) is 0. The van der Waals surface area contributed by atoms with Crippen molar-refractivity contribution in [1.82, 2.24) is 0 Å². The minimum atomic E-state index is 0.369. The van der Waals surface area contributed by atoms with E-state index in [0.29, 0.717) is 11.5 Å². The smallest absolute Gasteiger partial charge is 0.0578 e. The Morgan fingerprint density at radius 1 is 1.29 bits per heavy atom. The minimum absolute atomic E-state index is 0.369. The number of aryl methyl sites for hydroxylation is 1. The third-order valence-electron chi connectivity index (χ3n) is 4.05. The topological polar surface area (TPSA) is 38.0 Å². The van der Waals surface area contributed by atoms with Crippen LogP contribution in [0.25, 0.3) is 0 Å². The van der Waals surface area contributed by atoms with Crippen LogP contribution in [0.3, 0.4) is 0 Å². The normalized spacial score (nSPS) is 23.4. The van der Waals surface area contributed by atoms with Crippen molar-refractivity contribution in [3.63, 3.8) is 0 Å². The summed E-state index contributed by atoms with van der Waals surface area (Å²) in [6, 6.07) is 6.75. The lowest BCUT2D eigenvalue weighted by molar-refractivity contribution is 0.217. The van der Waals surface area contributed by atoms with Crippen LogP contribution in [0.5, 0.6) is 0 Å². The first-order valence-corrected chi connectivity index (χ1v) is 6.62. The summed E-state index contributed by atoms with van der Waals surface area (Å²) < 4.78 is 0. The number of rotatable bonds is 2. The van der Waals surface area contributed by atoms with Crippen LogP contribution in [-0.4, -0.2) is 6.04 Å². The van der Waals surface area contributed by atoms with Gasteiger partial charge in [-0.3, -0.25) is 0 Å². The van der Waals surface area contributed by atoms with Crippen molar-refractivity contribution in [1.29, 1.82) is 0 Å². The van der Waals surface area contributed by atoms with Crippen LogP contribution in [0.15, 0.2) is 18.2 Å². The fraction of sp³-hybridized carbons (Fsp3) is 0.600. The van der Waals surface area contributed by atoms with Crippen LogP contribution in [-0.2, 0) is 0 Å². The Labute approximate surface area is 105 Å². The van der Waals surface area contributed by atoms with Crippen LogP contribution in [0.4, 0.5) is 11.4 Å². The van der Waals surface area contributed by atoms with E-state index in [0.717, 1.165) is 11.4 Å². The molecule has 1 aromatic carbocycles. The zero-order valence-electron chi connectivity index (χ0n) is 11.2. The molecule has 0 amide bonds. The molecule has 2 heteroatoms. The molecule has 1 aliphatic carbocycles. The largest absolute Gasteiger partial charge is 0.397 e. The predicted molar refractivity (Wildman–Crippen MR) is 75.3 cm³/mol. The Morgan fingerprint density at radius 2 is 2.06 bits per heavy atom. The van der Waals surface area contributed by atoms with E-state index < -0.39 is 0 Å². The number of nitrogens with one attached hydrogen (secondary N) is 1. The van der Waals surface area contributed by atoms with Crippen molar-refractivity contribution in [2.45, 2.75) is 52.5 Å². The molecule has 94 valence electrons. The van der Waals surface area contributed by atoms with E-state index in [-0.39, 0.29) is 0 Å². The van der Waals surface area contributed by atoms with Gasteiger partial charge in [-0.15, -0.1) is 0 Å². The fourth-order valence-corrected chi connectivity index (χ4v) is 2.74. The van der Waals surface area contributed by atoms with Crippen LogP contribution in [0, 0.1) is 12.3 Å². The first kappa shape index (κ1) is 12.3. The second-order valence-corrected chi connectivity index (χ2v) is 6.02. The molecule has 2 nitrogen and oxygen atoms in total. The molecule has 1 aliphatic rings. The van der Waals surface area contributed by atoms with Gasteiger partial charge in [-0.05, 0) is 42.9 Å². The maximum absolute atomic E-state index is 6.03. The van der Waals surface area contributed by atoms with Crippen LogP contribution < -0.4 is 11.1 Å². The lowest BCUT2D eigenvalue weighted by Crippen LogP contribution is -2.39. The Hall–Kier alpha value is -1.18. The fourth-order valence-electron chi connectivity index (χ4n) is 2.74. The molecule has 1 unspecified atom stereocenters. The molecule has 1 atom stereocenters. The summed E-state index contributed by atoms with van der Waals surface area (Å²) in [5.74, 6) is 0. The van der Waals surface area contributed by atoms with E-state index >= 15 is 0 Å². The van der Waals surface area contributed by atoms with E-state index in [1.165, 1.54) is 31.2 Å². The average Bonchev–Trinajstić information content (AvgIpc) is 2.26. The van der Waals surface area contributed by atoms with Gasteiger partial charge in [0.1, 0.15) is 0 Å². The molecule has 0 radical (unpaired) electrons. The Bertz CT molecular complexity index is 396. The van der Waals surface area contributed by atoms with Gasteiger partial charge in [0.15, 0.2) is 0 Å². The highest BCUT2D eigenvalue weighted by molar-refractivity contribution is 5.67. The summed E-state index contributed by atoms with van der Waals surface area (Å²) in [6.45, 7) is 6.82. The number of hydrogen-bond donors (Lipinski definition) is 2. The number of nitrogen functional groups attached to an aromatic ring is 1. The molecule has 1 aromatic rings. The van der Waals surface area contributed by atoms with Crippen LogP contribution >= 0.6 is 0 Å². The molecule has 3 N–H and O–H groups in total. The Morgan fingerprint density at radius 3 is 2.76 bits per heavy atom. The molecular weight excluding hydrogens is 208 g/mol. The van der Waals surface area contributed by atoms with Crippen molar-refractivity contribution < 1.29 is 0 Å². The van der Waals surface area contributed by atoms with Crippen molar-refractivity contribution in [2.75, 3.05) is 11.1 Å². The summed E-state index contributed by atoms with van der Waals surface area (Å²) in [5, 5.41) is 3.66. The number of benzene rings is 1. The predicted octanol–water partition coefficient (Wildman–Crippen LogP) is 3.96. The number of anilines is 2. The zero-order valence-corrected chi connectivity index (χ0v) is 11.2. The van der Waals surface area contributed by atoms with E-state index in [1.807, 2.05) is 6.07 Å². The SMILES string of the molecule is Cc1ccc(N)c(NC2CCCCC2(C)C)c1. The third-order valence-corrected chi connectivity index (χ3v) is 4.05. The number of nitrogens with two attached hydrogens (primary N) is 1. The van der Waals surface area contributed by atoms with Gasteiger partial charge >= 0.3 is 0 Å². The molecule has 0 spiro atoms. The molecular formula is C15H24N2. The van der Waals surface area contributed by atoms with Crippen molar-refractivity contribution in [2.24, 2.45) is 5.41 Å². The standard InChI is InChI=1S/C15H24N2/c1-11-7-8-12(16)13(10-11)17-14-6-4-5-9-15(14,2)3/h7-8,10,14,17H,4-6,9,16H2,1-3H3. The van der Waals surface area contributed by atoms with Gasteiger partial charge in [-0.25, -0.2) is 0 Å². The van der Waals surface area contributed by atoms with Crippen LogP contribution in [0.2, 0.25) is 0 Å². The second-order valence-electron chi connectivity index (χ2n) is 6.02. The average molecular weight is 232 g/mol. The quantitative estimate of drug-likeness (QED) is 0.757. The summed E-state index contributed by atoms with van der Waals surface area (Å²) >= 11 is 0. The molecule has 2 rings (SSSR count). The highest BCUT2D eigenvalue weighted by Gasteiger charge is 2.32. The van der Waals surface area contributed by atoms with Crippen molar-refractivity contribution in [3.8, 4) is 0 Å². The molecule has 0 heterocycles. The lowest BCUT2D eigenvalue weighted by atomic mass is 9.73. The van der Waals surface area contributed by atoms with Gasteiger partial charge < -0.3 is 11.1 Å².